The van der Waals surface area contributed by atoms with Gasteiger partial charge in [0.1, 0.15) is 11.5 Å². The van der Waals surface area contributed by atoms with Crippen molar-refractivity contribution in [3.8, 4) is 0 Å². The van der Waals surface area contributed by atoms with Gasteiger partial charge in [0.05, 0.1) is 18.6 Å². The van der Waals surface area contributed by atoms with Crippen LogP contribution < -0.4 is 10.6 Å². The minimum absolute atomic E-state index is 0.000342. The maximum Gasteiger partial charge on any atom is 0.234 e. The van der Waals surface area contributed by atoms with E-state index in [-0.39, 0.29) is 24.5 Å². The molecule has 1 aromatic carbocycles. The number of carbonyl (C=O) groups excluding carboxylic acids is 1. The Kier molecular flexibility index (Phi) is 6.62. The molecule has 0 spiro atoms. The van der Waals surface area contributed by atoms with Gasteiger partial charge in [-0.15, -0.1) is 0 Å². The molecule has 1 heterocycles. The van der Waals surface area contributed by atoms with Crippen molar-refractivity contribution < 1.29 is 9.21 Å². The fraction of sp³-hybridized carbons (Fsp3) is 0.450. The SMILES string of the molecule is Cc1ccc(C(C)NCC(=O)NC(CC(C)C)c2ccccc2)o1. The summed E-state index contributed by atoms with van der Waals surface area (Å²) in [6, 6.07) is 14.1. The van der Waals surface area contributed by atoms with Gasteiger partial charge < -0.3 is 9.73 Å². The summed E-state index contributed by atoms with van der Waals surface area (Å²) in [5, 5.41) is 6.36. The molecule has 2 aromatic rings. The van der Waals surface area contributed by atoms with E-state index in [9.17, 15) is 4.79 Å². The first-order chi connectivity index (χ1) is 11.5. The van der Waals surface area contributed by atoms with E-state index < -0.39 is 0 Å². The van der Waals surface area contributed by atoms with Crippen molar-refractivity contribution in [2.24, 2.45) is 5.92 Å². The van der Waals surface area contributed by atoms with E-state index in [0.29, 0.717) is 5.92 Å². The molecule has 1 amide bonds. The Balaban J connectivity index is 1.90. The third-order valence-electron chi connectivity index (χ3n) is 4.00. The highest BCUT2D eigenvalue weighted by atomic mass is 16.3. The Hall–Kier alpha value is -2.07. The summed E-state index contributed by atoms with van der Waals surface area (Å²) in [5.41, 5.74) is 1.15. The molecule has 2 rings (SSSR count). The van der Waals surface area contributed by atoms with Crippen molar-refractivity contribution in [1.29, 1.82) is 0 Å². The first-order valence-electron chi connectivity index (χ1n) is 8.59. The number of benzene rings is 1. The molecule has 4 heteroatoms. The van der Waals surface area contributed by atoms with Crippen LogP contribution in [0.5, 0.6) is 0 Å². The smallest absolute Gasteiger partial charge is 0.234 e. The molecule has 0 radical (unpaired) electrons. The highest BCUT2D eigenvalue weighted by molar-refractivity contribution is 5.78. The van der Waals surface area contributed by atoms with Gasteiger partial charge in [0.25, 0.3) is 0 Å². The van der Waals surface area contributed by atoms with Crippen LogP contribution in [0.2, 0.25) is 0 Å². The third-order valence-corrected chi connectivity index (χ3v) is 4.00. The van der Waals surface area contributed by atoms with Crippen LogP contribution in [0.4, 0.5) is 0 Å². The highest BCUT2D eigenvalue weighted by Crippen LogP contribution is 2.21. The van der Waals surface area contributed by atoms with Gasteiger partial charge in [0, 0.05) is 0 Å². The molecule has 0 saturated heterocycles. The monoisotopic (exact) mass is 328 g/mol. The van der Waals surface area contributed by atoms with Crippen LogP contribution in [0.1, 0.15) is 56.4 Å². The minimum atomic E-state index is -0.000342. The Bertz CT molecular complexity index is 634. The zero-order valence-corrected chi connectivity index (χ0v) is 15.0. The molecule has 2 atom stereocenters. The van der Waals surface area contributed by atoms with Gasteiger partial charge in [0.15, 0.2) is 0 Å². The molecule has 4 nitrogen and oxygen atoms in total. The van der Waals surface area contributed by atoms with E-state index in [1.807, 2.05) is 44.2 Å². The standard InChI is InChI=1S/C20H28N2O2/c1-14(2)12-18(17-8-6-5-7-9-17)22-20(23)13-21-16(4)19-11-10-15(3)24-19/h5-11,14,16,18,21H,12-13H2,1-4H3,(H,22,23). The number of hydrogen-bond donors (Lipinski definition) is 2. The summed E-state index contributed by atoms with van der Waals surface area (Å²) in [4.78, 5) is 12.3. The van der Waals surface area contributed by atoms with Crippen molar-refractivity contribution in [3.05, 3.63) is 59.5 Å². The lowest BCUT2D eigenvalue weighted by molar-refractivity contribution is -0.121. The van der Waals surface area contributed by atoms with Gasteiger partial charge in [-0.05, 0) is 43.9 Å². The van der Waals surface area contributed by atoms with Gasteiger partial charge in [-0.1, -0.05) is 44.2 Å². The van der Waals surface area contributed by atoms with Crippen LogP contribution >= 0.6 is 0 Å². The van der Waals surface area contributed by atoms with Crippen molar-refractivity contribution in [2.75, 3.05) is 6.54 Å². The van der Waals surface area contributed by atoms with Crippen LogP contribution in [0, 0.1) is 12.8 Å². The fourth-order valence-corrected chi connectivity index (χ4v) is 2.71. The van der Waals surface area contributed by atoms with E-state index >= 15 is 0 Å². The van der Waals surface area contributed by atoms with Crippen LogP contribution in [-0.2, 0) is 4.79 Å². The molecular formula is C20H28N2O2. The quantitative estimate of drug-likeness (QED) is 0.765. The van der Waals surface area contributed by atoms with E-state index in [1.165, 1.54) is 0 Å². The predicted molar refractivity (Wildman–Crippen MR) is 96.6 cm³/mol. The summed E-state index contributed by atoms with van der Waals surface area (Å²) < 4.78 is 5.59. The summed E-state index contributed by atoms with van der Waals surface area (Å²) in [6.07, 6.45) is 0.919. The number of nitrogens with one attached hydrogen (secondary N) is 2. The number of furan rings is 1. The number of aryl methyl sites for hydroxylation is 1. The molecular weight excluding hydrogens is 300 g/mol. The van der Waals surface area contributed by atoms with Crippen molar-refractivity contribution in [3.63, 3.8) is 0 Å². The number of amides is 1. The zero-order valence-electron chi connectivity index (χ0n) is 15.0. The lowest BCUT2D eigenvalue weighted by Gasteiger charge is -2.22. The van der Waals surface area contributed by atoms with Crippen LogP contribution in [0.25, 0.3) is 0 Å². The number of hydrogen-bond acceptors (Lipinski definition) is 3. The molecule has 0 saturated carbocycles. The summed E-state index contributed by atoms with van der Waals surface area (Å²) >= 11 is 0. The summed E-state index contributed by atoms with van der Waals surface area (Å²) in [6.45, 7) is 8.51. The molecule has 0 aliphatic rings. The average Bonchev–Trinajstić information content (AvgIpc) is 2.99. The minimum Gasteiger partial charge on any atom is -0.465 e. The molecule has 2 N–H and O–H groups in total. The second kappa shape index (κ2) is 8.69. The fourth-order valence-electron chi connectivity index (χ4n) is 2.71. The van der Waals surface area contributed by atoms with Crippen LogP contribution in [-0.4, -0.2) is 12.5 Å². The van der Waals surface area contributed by atoms with Gasteiger partial charge in [-0.2, -0.15) is 0 Å². The summed E-state index contributed by atoms with van der Waals surface area (Å²) in [5.74, 6) is 2.24. The highest BCUT2D eigenvalue weighted by Gasteiger charge is 2.17. The van der Waals surface area contributed by atoms with E-state index in [0.717, 1.165) is 23.5 Å². The number of carbonyl (C=O) groups is 1. The second-order valence-corrected chi connectivity index (χ2v) is 6.71. The molecule has 0 aliphatic carbocycles. The summed E-state index contributed by atoms with van der Waals surface area (Å²) in [7, 11) is 0. The molecule has 1 aromatic heterocycles. The van der Waals surface area contributed by atoms with Crippen molar-refractivity contribution >= 4 is 5.91 Å². The average molecular weight is 328 g/mol. The maximum absolute atomic E-state index is 12.3. The molecule has 0 bridgehead atoms. The first kappa shape index (κ1) is 18.3. The topological polar surface area (TPSA) is 54.3 Å². The maximum atomic E-state index is 12.3. The molecule has 0 aliphatic heterocycles. The zero-order chi connectivity index (χ0) is 17.5. The third kappa shape index (κ3) is 5.53. The van der Waals surface area contributed by atoms with Gasteiger partial charge in [-0.3, -0.25) is 10.1 Å². The second-order valence-electron chi connectivity index (χ2n) is 6.71. The Labute approximate surface area is 144 Å². The molecule has 2 unspecified atom stereocenters. The van der Waals surface area contributed by atoms with E-state index in [1.54, 1.807) is 0 Å². The van der Waals surface area contributed by atoms with Gasteiger partial charge in [-0.25, -0.2) is 0 Å². The molecule has 24 heavy (non-hydrogen) atoms. The lowest BCUT2D eigenvalue weighted by atomic mass is 9.97. The Morgan fingerprint density at radius 2 is 1.79 bits per heavy atom. The van der Waals surface area contributed by atoms with Crippen molar-refractivity contribution in [2.45, 2.75) is 46.2 Å². The van der Waals surface area contributed by atoms with Crippen molar-refractivity contribution in [1.82, 2.24) is 10.6 Å². The lowest BCUT2D eigenvalue weighted by Crippen LogP contribution is -2.37. The molecule has 130 valence electrons. The predicted octanol–water partition coefficient (Wildman–Crippen LogP) is 4.14. The number of rotatable bonds is 8. The van der Waals surface area contributed by atoms with Gasteiger partial charge in [0.2, 0.25) is 5.91 Å². The van der Waals surface area contributed by atoms with Gasteiger partial charge >= 0.3 is 0 Å². The molecule has 0 fully saturated rings. The Morgan fingerprint density at radius 3 is 2.38 bits per heavy atom. The first-order valence-corrected chi connectivity index (χ1v) is 8.59. The Morgan fingerprint density at radius 1 is 1.08 bits per heavy atom. The van der Waals surface area contributed by atoms with Crippen LogP contribution in [0.15, 0.2) is 46.9 Å². The normalized spacial score (nSPS) is 13.7. The van der Waals surface area contributed by atoms with E-state index in [4.69, 9.17) is 4.42 Å². The largest absolute Gasteiger partial charge is 0.465 e. The van der Waals surface area contributed by atoms with Crippen LogP contribution in [0.3, 0.4) is 0 Å². The van der Waals surface area contributed by atoms with E-state index in [2.05, 4.69) is 36.6 Å².